The van der Waals surface area contributed by atoms with E-state index in [0.29, 0.717) is 0 Å². The number of rotatable bonds is 2. The molecule has 0 amide bonds. The van der Waals surface area contributed by atoms with Crippen molar-refractivity contribution in [2.24, 2.45) is 0 Å². The minimum atomic E-state index is -0.265. The van der Waals surface area contributed by atoms with Crippen molar-refractivity contribution in [3.05, 3.63) is 41.9 Å². The minimum Gasteiger partial charge on any atom is -0.400 e. The van der Waals surface area contributed by atoms with Crippen LogP contribution in [0.4, 0.5) is 5.69 Å². The maximum Gasteiger partial charge on any atom is 0.492 e. The highest BCUT2D eigenvalue weighted by Gasteiger charge is 2.52. The number of benzene rings is 1. The Bertz CT molecular complexity index is 509. The van der Waals surface area contributed by atoms with E-state index in [-0.39, 0.29) is 18.3 Å². The molecule has 0 radical (unpaired) electrons. The van der Waals surface area contributed by atoms with Gasteiger partial charge in [0.25, 0.3) is 0 Å². The zero-order valence-corrected chi connectivity index (χ0v) is 12.7. The maximum atomic E-state index is 6.11. The van der Waals surface area contributed by atoms with E-state index in [9.17, 15) is 0 Å². The van der Waals surface area contributed by atoms with Crippen LogP contribution in [0, 0.1) is 0 Å². The van der Waals surface area contributed by atoms with Crippen molar-refractivity contribution < 1.29 is 9.31 Å². The Hall–Kier alpha value is -1.26. The predicted octanol–water partition coefficient (Wildman–Crippen LogP) is 3.06. The van der Waals surface area contributed by atoms with E-state index in [2.05, 4.69) is 62.9 Å². The van der Waals surface area contributed by atoms with E-state index in [4.69, 9.17) is 9.31 Å². The van der Waals surface area contributed by atoms with Crippen molar-refractivity contribution in [2.45, 2.75) is 38.9 Å². The lowest BCUT2D eigenvalue weighted by Crippen LogP contribution is -2.41. The van der Waals surface area contributed by atoms with Crippen molar-refractivity contribution in [1.29, 1.82) is 0 Å². The molecule has 106 valence electrons. The molecule has 0 aliphatic carbocycles. The molecule has 3 rings (SSSR count). The fourth-order valence-corrected chi connectivity index (χ4v) is 2.58. The summed E-state index contributed by atoms with van der Waals surface area (Å²) in [6.45, 7) is 10.2. The molecule has 0 spiro atoms. The van der Waals surface area contributed by atoms with Crippen molar-refractivity contribution in [3.8, 4) is 0 Å². The lowest BCUT2D eigenvalue weighted by atomic mass is 9.79. The fraction of sp³-hybridized carbons (Fsp3) is 0.500. The molecule has 1 aromatic rings. The Morgan fingerprint density at radius 3 is 2.20 bits per heavy atom. The number of anilines is 1. The topological polar surface area (TPSA) is 21.7 Å². The van der Waals surface area contributed by atoms with Gasteiger partial charge in [-0.2, -0.15) is 0 Å². The van der Waals surface area contributed by atoms with Gasteiger partial charge in [-0.3, -0.25) is 0 Å². The second kappa shape index (κ2) is 4.64. The molecule has 1 fully saturated rings. The van der Waals surface area contributed by atoms with Gasteiger partial charge in [0, 0.05) is 18.8 Å². The molecule has 2 aliphatic rings. The average Bonchev–Trinajstić information content (AvgIpc) is 2.94. The SMILES string of the molecule is CC1(C)OB(C2=CCN(c3ccccc3)C2)OC1(C)C. The lowest BCUT2D eigenvalue weighted by molar-refractivity contribution is 0.00578. The van der Waals surface area contributed by atoms with Crippen LogP contribution in [-0.2, 0) is 9.31 Å². The smallest absolute Gasteiger partial charge is 0.400 e. The molecule has 4 heteroatoms. The first-order valence-corrected chi connectivity index (χ1v) is 7.24. The Kier molecular flexibility index (Phi) is 3.18. The molecule has 0 unspecified atom stereocenters. The Morgan fingerprint density at radius 2 is 1.60 bits per heavy atom. The van der Waals surface area contributed by atoms with Crippen LogP contribution in [0.3, 0.4) is 0 Å². The first-order chi connectivity index (χ1) is 9.39. The highest BCUT2D eigenvalue weighted by atomic mass is 16.7. The van der Waals surface area contributed by atoms with Crippen molar-refractivity contribution >= 4 is 12.8 Å². The zero-order valence-electron chi connectivity index (χ0n) is 12.7. The Balaban J connectivity index is 1.70. The second-order valence-electron chi connectivity index (χ2n) is 6.58. The Labute approximate surface area is 121 Å². The highest BCUT2D eigenvalue weighted by molar-refractivity contribution is 6.55. The molecule has 1 aromatic carbocycles. The molecule has 0 saturated carbocycles. The van der Waals surface area contributed by atoms with Crippen LogP contribution in [-0.4, -0.2) is 31.4 Å². The van der Waals surface area contributed by atoms with Gasteiger partial charge in [-0.1, -0.05) is 24.3 Å². The third-order valence-electron chi connectivity index (χ3n) is 4.62. The number of para-hydroxylation sites is 1. The summed E-state index contributed by atoms with van der Waals surface area (Å²) >= 11 is 0. The fourth-order valence-electron chi connectivity index (χ4n) is 2.58. The first kappa shape index (κ1) is 13.7. The van der Waals surface area contributed by atoms with Gasteiger partial charge in [0.15, 0.2) is 0 Å². The van der Waals surface area contributed by atoms with Crippen LogP contribution < -0.4 is 4.90 Å². The molecule has 2 heterocycles. The van der Waals surface area contributed by atoms with Gasteiger partial charge in [-0.25, -0.2) is 0 Å². The molecular formula is C16H22BNO2. The van der Waals surface area contributed by atoms with Gasteiger partial charge in [0.1, 0.15) is 0 Å². The number of hydrogen-bond donors (Lipinski definition) is 0. The number of hydrogen-bond acceptors (Lipinski definition) is 3. The van der Waals surface area contributed by atoms with Crippen LogP contribution in [0.25, 0.3) is 0 Å². The van der Waals surface area contributed by atoms with Gasteiger partial charge in [-0.05, 0) is 45.3 Å². The third kappa shape index (κ3) is 2.27. The molecule has 3 nitrogen and oxygen atoms in total. The first-order valence-electron chi connectivity index (χ1n) is 7.24. The molecule has 0 atom stereocenters. The third-order valence-corrected chi connectivity index (χ3v) is 4.62. The lowest BCUT2D eigenvalue weighted by Gasteiger charge is -2.32. The van der Waals surface area contributed by atoms with Crippen LogP contribution >= 0.6 is 0 Å². The van der Waals surface area contributed by atoms with Crippen LogP contribution in [0.5, 0.6) is 0 Å². The van der Waals surface area contributed by atoms with E-state index in [1.54, 1.807) is 0 Å². The van der Waals surface area contributed by atoms with Gasteiger partial charge < -0.3 is 14.2 Å². The summed E-state index contributed by atoms with van der Waals surface area (Å²) in [6.07, 6.45) is 2.23. The average molecular weight is 271 g/mol. The van der Waals surface area contributed by atoms with Crippen molar-refractivity contribution in [1.82, 2.24) is 0 Å². The largest absolute Gasteiger partial charge is 0.492 e. The van der Waals surface area contributed by atoms with Crippen molar-refractivity contribution in [2.75, 3.05) is 18.0 Å². The molecular weight excluding hydrogens is 249 g/mol. The van der Waals surface area contributed by atoms with E-state index < -0.39 is 0 Å². The van der Waals surface area contributed by atoms with Gasteiger partial charge in [-0.15, -0.1) is 0 Å². The normalized spacial score (nSPS) is 24.1. The van der Waals surface area contributed by atoms with Crippen LogP contribution in [0.2, 0.25) is 0 Å². The maximum absolute atomic E-state index is 6.11. The van der Waals surface area contributed by atoms with Crippen LogP contribution in [0.15, 0.2) is 41.9 Å². The summed E-state index contributed by atoms with van der Waals surface area (Å²) in [6, 6.07) is 10.5. The highest BCUT2D eigenvalue weighted by Crippen LogP contribution is 2.39. The second-order valence-corrected chi connectivity index (χ2v) is 6.58. The Morgan fingerprint density at radius 1 is 1.00 bits per heavy atom. The van der Waals surface area contributed by atoms with Crippen molar-refractivity contribution in [3.63, 3.8) is 0 Å². The van der Waals surface area contributed by atoms with Gasteiger partial charge in [0.2, 0.25) is 0 Å². The molecule has 2 aliphatic heterocycles. The summed E-state index contributed by atoms with van der Waals surface area (Å²) in [5.41, 5.74) is 1.94. The predicted molar refractivity (Wildman–Crippen MR) is 82.8 cm³/mol. The summed E-state index contributed by atoms with van der Waals surface area (Å²) in [7, 11) is -0.214. The summed E-state index contributed by atoms with van der Waals surface area (Å²) < 4.78 is 12.2. The minimum absolute atomic E-state index is 0.214. The van der Waals surface area contributed by atoms with E-state index in [1.165, 1.54) is 11.2 Å². The summed E-state index contributed by atoms with van der Waals surface area (Å²) in [5, 5.41) is 0. The van der Waals surface area contributed by atoms with Crippen LogP contribution in [0.1, 0.15) is 27.7 Å². The van der Waals surface area contributed by atoms with E-state index in [1.807, 2.05) is 6.07 Å². The standard InChI is InChI=1S/C16H22BNO2/c1-15(2)16(3,4)20-17(19-15)13-10-11-18(12-13)14-8-6-5-7-9-14/h5-10H,11-12H2,1-4H3. The zero-order chi connectivity index (χ0) is 14.4. The van der Waals surface area contributed by atoms with E-state index >= 15 is 0 Å². The quantitative estimate of drug-likeness (QED) is 0.772. The molecule has 20 heavy (non-hydrogen) atoms. The van der Waals surface area contributed by atoms with Gasteiger partial charge in [0.05, 0.1) is 11.2 Å². The monoisotopic (exact) mass is 271 g/mol. The van der Waals surface area contributed by atoms with Gasteiger partial charge >= 0.3 is 7.12 Å². The summed E-state index contributed by atoms with van der Waals surface area (Å²) in [5.74, 6) is 0. The molecule has 0 bridgehead atoms. The summed E-state index contributed by atoms with van der Waals surface area (Å²) in [4.78, 5) is 2.33. The molecule has 0 aromatic heterocycles. The molecule has 1 saturated heterocycles. The number of nitrogens with zero attached hydrogens (tertiary/aromatic N) is 1. The molecule has 0 N–H and O–H groups in total. The van der Waals surface area contributed by atoms with E-state index in [0.717, 1.165) is 13.1 Å².